The number of rotatable bonds is 4. The number of nitrogen functional groups attached to an aromatic ring is 1. The van der Waals surface area contributed by atoms with Crippen molar-refractivity contribution in [3.63, 3.8) is 0 Å². The van der Waals surface area contributed by atoms with Crippen molar-refractivity contribution in [2.45, 2.75) is 0 Å². The Hall–Kier alpha value is -3.08. The molecule has 5 nitrogen and oxygen atoms in total. The number of hydrogen-bond acceptors (Lipinski definition) is 3. The lowest BCUT2D eigenvalue weighted by molar-refractivity contribution is -0.131. The van der Waals surface area contributed by atoms with Crippen LogP contribution in [0.15, 0.2) is 54.6 Å². The van der Waals surface area contributed by atoms with Gasteiger partial charge in [0.25, 0.3) is 5.91 Å². The Morgan fingerprint density at radius 1 is 1.10 bits per heavy atom. The monoisotopic (exact) mass is 282 g/mol. The molecule has 0 fully saturated rings. The first-order valence-corrected chi connectivity index (χ1v) is 6.22. The number of hydrogen-bond donors (Lipinski definition) is 3. The topological polar surface area (TPSA) is 92.4 Å². The minimum Gasteiger partial charge on any atom is -0.478 e. The van der Waals surface area contributed by atoms with E-state index in [1.165, 1.54) is 6.08 Å². The molecule has 2 aromatic carbocycles. The lowest BCUT2D eigenvalue weighted by atomic mass is 10.1. The van der Waals surface area contributed by atoms with E-state index >= 15 is 0 Å². The van der Waals surface area contributed by atoms with E-state index in [2.05, 4.69) is 5.32 Å². The van der Waals surface area contributed by atoms with Gasteiger partial charge in [-0.15, -0.1) is 0 Å². The van der Waals surface area contributed by atoms with Crippen LogP contribution < -0.4 is 11.1 Å². The molecule has 2 rings (SSSR count). The van der Waals surface area contributed by atoms with Gasteiger partial charge in [0.15, 0.2) is 0 Å². The number of anilines is 2. The number of benzene rings is 2. The average molecular weight is 282 g/mol. The zero-order valence-corrected chi connectivity index (χ0v) is 11.1. The molecule has 2 aromatic rings. The molecule has 0 unspecified atom stereocenters. The summed E-state index contributed by atoms with van der Waals surface area (Å²) in [6, 6.07) is 13.5. The summed E-state index contributed by atoms with van der Waals surface area (Å²) in [6.07, 6.45) is 2.53. The van der Waals surface area contributed by atoms with E-state index in [-0.39, 0.29) is 5.91 Å². The number of amides is 1. The summed E-state index contributed by atoms with van der Waals surface area (Å²) in [6.45, 7) is 0. The van der Waals surface area contributed by atoms with Gasteiger partial charge in [-0.25, -0.2) is 4.79 Å². The van der Waals surface area contributed by atoms with Crippen molar-refractivity contribution in [2.75, 3.05) is 11.1 Å². The van der Waals surface area contributed by atoms with Gasteiger partial charge in [0.1, 0.15) is 0 Å². The molecular weight excluding hydrogens is 268 g/mol. The number of aliphatic carboxylic acids is 1. The molecule has 0 radical (unpaired) electrons. The van der Waals surface area contributed by atoms with Crippen LogP contribution in [-0.4, -0.2) is 17.0 Å². The van der Waals surface area contributed by atoms with Crippen LogP contribution in [0.1, 0.15) is 15.9 Å². The van der Waals surface area contributed by atoms with Gasteiger partial charge in [0, 0.05) is 23.0 Å². The first-order valence-electron chi connectivity index (χ1n) is 6.22. The number of carboxylic acid groups (broad SMARTS) is 1. The zero-order valence-electron chi connectivity index (χ0n) is 11.1. The van der Waals surface area contributed by atoms with E-state index in [9.17, 15) is 9.59 Å². The maximum absolute atomic E-state index is 12.0. The first-order chi connectivity index (χ1) is 10.0. The highest BCUT2D eigenvalue weighted by molar-refractivity contribution is 6.04. The highest BCUT2D eigenvalue weighted by Gasteiger charge is 2.05. The third kappa shape index (κ3) is 4.21. The molecule has 21 heavy (non-hydrogen) atoms. The van der Waals surface area contributed by atoms with Crippen LogP contribution in [0.5, 0.6) is 0 Å². The van der Waals surface area contributed by atoms with E-state index in [0.29, 0.717) is 16.9 Å². The number of carbonyl (C=O) groups is 2. The van der Waals surface area contributed by atoms with Gasteiger partial charge in [-0.3, -0.25) is 4.79 Å². The van der Waals surface area contributed by atoms with Crippen LogP contribution in [0.2, 0.25) is 0 Å². The van der Waals surface area contributed by atoms with Gasteiger partial charge in [0.05, 0.1) is 0 Å². The quantitative estimate of drug-likeness (QED) is 0.593. The fourth-order valence-corrected chi connectivity index (χ4v) is 1.73. The maximum Gasteiger partial charge on any atom is 0.328 e. The molecule has 0 aliphatic heterocycles. The van der Waals surface area contributed by atoms with Crippen molar-refractivity contribution in [2.24, 2.45) is 0 Å². The van der Waals surface area contributed by atoms with Crippen molar-refractivity contribution in [3.8, 4) is 0 Å². The predicted octanol–water partition coefficient (Wildman–Crippen LogP) is 2.62. The van der Waals surface area contributed by atoms with Gasteiger partial charge in [-0.05, 0) is 42.0 Å². The molecule has 1 amide bonds. The van der Waals surface area contributed by atoms with Crippen LogP contribution >= 0.6 is 0 Å². The number of carboxylic acids is 1. The van der Waals surface area contributed by atoms with E-state index < -0.39 is 5.97 Å². The zero-order chi connectivity index (χ0) is 15.2. The van der Waals surface area contributed by atoms with Crippen molar-refractivity contribution in [1.82, 2.24) is 0 Å². The summed E-state index contributed by atoms with van der Waals surface area (Å²) in [7, 11) is 0. The van der Waals surface area contributed by atoms with Crippen LogP contribution in [0, 0.1) is 0 Å². The van der Waals surface area contributed by atoms with E-state index in [1.54, 1.807) is 48.5 Å². The second-order valence-electron chi connectivity index (χ2n) is 4.37. The third-order valence-electron chi connectivity index (χ3n) is 2.74. The fourth-order valence-electron chi connectivity index (χ4n) is 1.73. The summed E-state index contributed by atoms with van der Waals surface area (Å²) < 4.78 is 0. The van der Waals surface area contributed by atoms with Gasteiger partial charge < -0.3 is 16.2 Å². The van der Waals surface area contributed by atoms with E-state index in [0.717, 1.165) is 11.6 Å². The lowest BCUT2D eigenvalue weighted by Crippen LogP contribution is -2.11. The van der Waals surface area contributed by atoms with Crippen LogP contribution in [0.3, 0.4) is 0 Å². The largest absolute Gasteiger partial charge is 0.478 e. The average Bonchev–Trinajstić information content (AvgIpc) is 2.46. The Morgan fingerprint density at radius 3 is 2.43 bits per heavy atom. The molecule has 0 spiro atoms. The standard InChI is InChI=1S/C16H14N2O3/c17-13-3-1-2-12(10-13)16(21)18-14-7-4-11(5-8-14)6-9-15(19)20/h1-10H,17H2,(H,18,21)(H,19,20)/b9-6+. The van der Waals surface area contributed by atoms with Gasteiger partial charge >= 0.3 is 5.97 Å². The normalized spacial score (nSPS) is 10.5. The summed E-state index contributed by atoms with van der Waals surface area (Å²) in [5.41, 5.74) is 7.99. The Bertz CT molecular complexity index is 691. The Morgan fingerprint density at radius 2 is 1.81 bits per heavy atom. The predicted molar refractivity (Wildman–Crippen MR) is 81.9 cm³/mol. The molecule has 0 aliphatic rings. The first kappa shape index (κ1) is 14.3. The van der Waals surface area contributed by atoms with E-state index in [4.69, 9.17) is 10.8 Å². The second kappa shape index (κ2) is 6.38. The Kier molecular flexibility index (Phi) is 4.36. The van der Waals surface area contributed by atoms with Crippen molar-refractivity contribution < 1.29 is 14.7 Å². The lowest BCUT2D eigenvalue weighted by Gasteiger charge is -2.06. The molecule has 5 heteroatoms. The van der Waals surface area contributed by atoms with Crippen LogP contribution in [0.25, 0.3) is 6.08 Å². The number of nitrogens with two attached hydrogens (primary N) is 1. The second-order valence-corrected chi connectivity index (χ2v) is 4.37. The van der Waals surface area contributed by atoms with Crippen LogP contribution in [-0.2, 0) is 4.79 Å². The smallest absolute Gasteiger partial charge is 0.328 e. The minimum absolute atomic E-state index is 0.254. The Balaban J connectivity index is 2.06. The molecule has 0 aromatic heterocycles. The van der Waals surface area contributed by atoms with Crippen molar-refractivity contribution in [3.05, 3.63) is 65.7 Å². The van der Waals surface area contributed by atoms with Crippen molar-refractivity contribution in [1.29, 1.82) is 0 Å². The number of nitrogens with one attached hydrogen (secondary N) is 1. The van der Waals surface area contributed by atoms with Gasteiger partial charge in [-0.2, -0.15) is 0 Å². The van der Waals surface area contributed by atoms with Crippen molar-refractivity contribution >= 4 is 29.3 Å². The molecular formula is C16H14N2O3. The summed E-state index contributed by atoms with van der Waals surface area (Å²) >= 11 is 0. The summed E-state index contributed by atoms with van der Waals surface area (Å²) in [5, 5.41) is 11.3. The fraction of sp³-hybridized carbons (Fsp3) is 0. The Labute approximate surface area is 121 Å². The third-order valence-corrected chi connectivity index (χ3v) is 2.74. The summed E-state index contributed by atoms with van der Waals surface area (Å²) in [4.78, 5) is 22.4. The molecule has 0 heterocycles. The highest BCUT2D eigenvalue weighted by Crippen LogP contribution is 2.13. The van der Waals surface area contributed by atoms with Gasteiger partial charge in [0.2, 0.25) is 0 Å². The summed E-state index contributed by atoms with van der Waals surface area (Å²) in [5.74, 6) is -1.26. The van der Waals surface area contributed by atoms with E-state index in [1.807, 2.05) is 0 Å². The highest BCUT2D eigenvalue weighted by atomic mass is 16.4. The molecule has 0 bridgehead atoms. The molecule has 0 atom stereocenters. The molecule has 106 valence electrons. The maximum atomic E-state index is 12.0. The SMILES string of the molecule is Nc1cccc(C(=O)Nc2ccc(/C=C/C(=O)O)cc2)c1. The van der Waals surface area contributed by atoms with Crippen LogP contribution in [0.4, 0.5) is 11.4 Å². The molecule has 0 aliphatic carbocycles. The molecule has 0 saturated heterocycles. The molecule has 4 N–H and O–H groups in total. The number of carbonyl (C=O) groups excluding carboxylic acids is 1. The molecule has 0 saturated carbocycles. The minimum atomic E-state index is -1.01. The van der Waals surface area contributed by atoms with Gasteiger partial charge in [-0.1, -0.05) is 18.2 Å².